The number of carbonyl (C=O) groups is 1. The van der Waals surface area contributed by atoms with Crippen molar-refractivity contribution < 1.29 is 9.18 Å². The van der Waals surface area contributed by atoms with Gasteiger partial charge in [0.1, 0.15) is 5.82 Å². The van der Waals surface area contributed by atoms with Crippen LogP contribution in [0.25, 0.3) is 21.9 Å². The van der Waals surface area contributed by atoms with Crippen LogP contribution >= 0.6 is 0 Å². The zero-order valence-electron chi connectivity index (χ0n) is 13.5. The highest BCUT2D eigenvalue weighted by molar-refractivity contribution is 6.09. The number of hydrogen-bond donors (Lipinski definition) is 3. The van der Waals surface area contributed by atoms with Crippen molar-refractivity contribution in [1.82, 2.24) is 20.5 Å². The largest absolute Gasteiger partial charge is 0.396 e. The molecule has 2 aromatic heterocycles. The number of H-pyrrole nitrogens is 1. The van der Waals surface area contributed by atoms with Crippen LogP contribution in [0.15, 0.2) is 24.5 Å². The molecule has 6 nitrogen and oxygen atoms in total. The summed E-state index contributed by atoms with van der Waals surface area (Å²) in [5, 5.41) is 10.6. The maximum atomic E-state index is 14.4. The highest BCUT2D eigenvalue weighted by Gasteiger charge is 2.19. The first-order valence-electron chi connectivity index (χ1n) is 7.69. The van der Waals surface area contributed by atoms with Crippen molar-refractivity contribution in [3.05, 3.63) is 41.7 Å². The summed E-state index contributed by atoms with van der Waals surface area (Å²) in [6.07, 6.45) is 3.86. The number of amides is 1. The Balaban J connectivity index is 2.19. The van der Waals surface area contributed by atoms with E-state index in [1.165, 1.54) is 12.3 Å². The molecule has 0 radical (unpaired) electrons. The number of hydrogen-bond acceptors (Lipinski definition) is 4. The minimum atomic E-state index is -0.392. The lowest BCUT2D eigenvalue weighted by Crippen LogP contribution is -2.26. The Labute approximate surface area is 138 Å². The lowest BCUT2D eigenvalue weighted by molar-refractivity contribution is 0.0950. The summed E-state index contributed by atoms with van der Waals surface area (Å²) in [5.41, 5.74) is 8.28. The third-order valence-electron chi connectivity index (χ3n) is 3.91. The number of aryl methyl sites for hydroxylation is 1. The third-order valence-corrected chi connectivity index (χ3v) is 3.91. The number of halogens is 1. The fraction of sp³-hybridized carbons (Fsp3) is 0.235. The number of anilines is 1. The Kier molecular flexibility index (Phi) is 4.16. The van der Waals surface area contributed by atoms with Crippen LogP contribution in [0.5, 0.6) is 0 Å². The number of nitrogens with one attached hydrogen (secondary N) is 2. The quantitative estimate of drug-likeness (QED) is 0.686. The number of carbonyl (C=O) groups excluding carboxylic acids is 1. The number of nitrogens with zero attached hydrogens (tertiary/aromatic N) is 2. The fourth-order valence-corrected chi connectivity index (χ4v) is 2.67. The average Bonchev–Trinajstić information content (AvgIpc) is 2.98. The van der Waals surface area contributed by atoms with E-state index in [0.717, 1.165) is 12.1 Å². The Morgan fingerprint density at radius 1 is 1.33 bits per heavy atom. The summed E-state index contributed by atoms with van der Waals surface area (Å²) in [6.45, 7) is 4.31. The van der Waals surface area contributed by atoms with Crippen LogP contribution in [-0.4, -0.2) is 27.6 Å². The van der Waals surface area contributed by atoms with E-state index in [9.17, 15) is 9.18 Å². The summed E-state index contributed by atoms with van der Waals surface area (Å²) >= 11 is 0. The van der Waals surface area contributed by atoms with Crippen LogP contribution in [0.1, 0.15) is 29.5 Å². The van der Waals surface area contributed by atoms with E-state index in [1.807, 2.05) is 13.8 Å². The molecule has 0 atom stereocenters. The molecule has 0 saturated carbocycles. The minimum Gasteiger partial charge on any atom is -0.396 e. The first kappa shape index (κ1) is 15.9. The molecule has 0 aliphatic heterocycles. The number of benzene rings is 1. The van der Waals surface area contributed by atoms with Gasteiger partial charge < -0.3 is 11.1 Å². The van der Waals surface area contributed by atoms with Crippen LogP contribution in [0, 0.1) is 12.7 Å². The molecule has 0 fully saturated rings. The number of nitrogens with two attached hydrogens (primary N) is 1. The lowest BCUT2D eigenvalue weighted by Gasteiger charge is -2.12. The molecule has 0 bridgehead atoms. The Morgan fingerprint density at radius 3 is 2.79 bits per heavy atom. The van der Waals surface area contributed by atoms with Crippen LogP contribution in [-0.2, 0) is 0 Å². The van der Waals surface area contributed by atoms with Gasteiger partial charge >= 0.3 is 0 Å². The molecule has 0 aliphatic carbocycles. The van der Waals surface area contributed by atoms with Gasteiger partial charge in [-0.15, -0.1) is 0 Å². The van der Waals surface area contributed by atoms with Gasteiger partial charge in [-0.1, -0.05) is 6.92 Å². The average molecular weight is 327 g/mol. The highest BCUT2D eigenvalue weighted by atomic mass is 19.1. The molecule has 124 valence electrons. The molecule has 0 saturated heterocycles. The highest BCUT2D eigenvalue weighted by Crippen LogP contribution is 2.35. The van der Waals surface area contributed by atoms with Gasteiger partial charge in [0, 0.05) is 40.3 Å². The summed E-state index contributed by atoms with van der Waals surface area (Å²) in [5.74, 6) is -0.724. The zero-order valence-corrected chi connectivity index (χ0v) is 13.5. The van der Waals surface area contributed by atoms with Crippen LogP contribution in [0.2, 0.25) is 0 Å². The third kappa shape index (κ3) is 2.58. The molecule has 7 heteroatoms. The van der Waals surface area contributed by atoms with Crippen LogP contribution in [0.4, 0.5) is 10.1 Å². The Morgan fingerprint density at radius 2 is 2.12 bits per heavy atom. The van der Waals surface area contributed by atoms with Gasteiger partial charge in [0.15, 0.2) is 5.69 Å². The fourth-order valence-electron chi connectivity index (χ4n) is 2.67. The van der Waals surface area contributed by atoms with Crippen molar-refractivity contribution in [3.8, 4) is 11.1 Å². The Bertz CT molecular complexity index is 919. The van der Waals surface area contributed by atoms with Crippen LogP contribution in [0.3, 0.4) is 0 Å². The topological polar surface area (TPSA) is 96.7 Å². The van der Waals surface area contributed by atoms with Gasteiger partial charge in [-0.3, -0.25) is 9.89 Å². The van der Waals surface area contributed by atoms with Gasteiger partial charge in [-0.2, -0.15) is 5.10 Å². The second-order valence-corrected chi connectivity index (χ2v) is 5.57. The van der Waals surface area contributed by atoms with E-state index < -0.39 is 5.82 Å². The SMILES string of the molecule is CCCNC(=O)c1ncc2c(-c3cn[nH]c3C)c(F)ccc2c1N. The Hall–Kier alpha value is -2.96. The lowest BCUT2D eigenvalue weighted by atomic mass is 9.98. The smallest absolute Gasteiger partial charge is 0.272 e. The molecular formula is C17H18FN5O. The van der Waals surface area contributed by atoms with Crippen molar-refractivity contribution in [2.75, 3.05) is 12.3 Å². The van der Waals surface area contributed by atoms with Crippen molar-refractivity contribution in [2.24, 2.45) is 0 Å². The molecule has 3 aromatic rings. The molecule has 2 heterocycles. The number of fused-ring (bicyclic) bond motifs is 1. The maximum absolute atomic E-state index is 14.4. The van der Waals surface area contributed by atoms with Crippen molar-refractivity contribution in [1.29, 1.82) is 0 Å². The van der Waals surface area contributed by atoms with Gasteiger partial charge in [0.25, 0.3) is 5.91 Å². The van der Waals surface area contributed by atoms with E-state index in [2.05, 4.69) is 20.5 Å². The van der Waals surface area contributed by atoms with Gasteiger partial charge in [0.05, 0.1) is 11.9 Å². The minimum absolute atomic E-state index is 0.150. The van der Waals surface area contributed by atoms with Crippen LogP contribution < -0.4 is 11.1 Å². The molecule has 1 amide bonds. The number of pyridine rings is 1. The molecule has 24 heavy (non-hydrogen) atoms. The van der Waals surface area contributed by atoms with Gasteiger partial charge in [-0.25, -0.2) is 9.37 Å². The molecule has 0 aliphatic rings. The van der Waals surface area contributed by atoms with E-state index in [1.54, 1.807) is 12.3 Å². The second-order valence-electron chi connectivity index (χ2n) is 5.57. The molecular weight excluding hydrogens is 309 g/mol. The number of aromatic amines is 1. The predicted octanol–water partition coefficient (Wildman–Crippen LogP) is 2.79. The summed E-state index contributed by atoms with van der Waals surface area (Å²) in [7, 11) is 0. The van der Waals surface area contributed by atoms with Gasteiger partial charge in [0.2, 0.25) is 0 Å². The monoisotopic (exact) mass is 327 g/mol. The van der Waals surface area contributed by atoms with E-state index in [-0.39, 0.29) is 17.3 Å². The van der Waals surface area contributed by atoms with E-state index >= 15 is 0 Å². The van der Waals surface area contributed by atoms with Crippen molar-refractivity contribution in [2.45, 2.75) is 20.3 Å². The molecule has 1 aromatic carbocycles. The first-order chi connectivity index (χ1) is 11.5. The summed E-state index contributed by atoms with van der Waals surface area (Å²) < 4.78 is 14.4. The standard InChI is InChI=1S/C17H18FN5O/c1-3-6-20-17(24)16-15(19)10-4-5-13(18)14(12(10)7-21-16)11-8-22-23-9(11)2/h4-5,7-8H,3,6,19H2,1-2H3,(H,20,24)(H,22,23). The number of aromatic nitrogens is 3. The summed E-state index contributed by atoms with van der Waals surface area (Å²) in [4.78, 5) is 16.3. The van der Waals surface area contributed by atoms with E-state index in [0.29, 0.717) is 28.4 Å². The molecule has 0 unspecified atom stereocenters. The molecule has 0 spiro atoms. The molecule has 3 rings (SSSR count). The van der Waals surface area contributed by atoms with Gasteiger partial charge in [-0.05, 0) is 25.5 Å². The molecule has 4 N–H and O–H groups in total. The zero-order chi connectivity index (χ0) is 17.3. The number of nitrogen functional groups attached to an aromatic ring is 1. The second kappa shape index (κ2) is 6.27. The summed E-state index contributed by atoms with van der Waals surface area (Å²) in [6, 6.07) is 2.91. The maximum Gasteiger partial charge on any atom is 0.272 e. The first-order valence-corrected chi connectivity index (χ1v) is 7.69. The normalized spacial score (nSPS) is 11.0. The van der Waals surface area contributed by atoms with Crippen molar-refractivity contribution in [3.63, 3.8) is 0 Å². The number of rotatable bonds is 4. The van der Waals surface area contributed by atoms with Crippen molar-refractivity contribution >= 4 is 22.4 Å². The van der Waals surface area contributed by atoms with E-state index in [4.69, 9.17) is 5.73 Å². The predicted molar refractivity (Wildman–Crippen MR) is 91.1 cm³/mol.